The van der Waals surface area contributed by atoms with Crippen molar-refractivity contribution >= 4 is 33.5 Å². The Hall–Kier alpha value is -0.880. The van der Waals surface area contributed by atoms with E-state index >= 15 is 0 Å². The first-order chi connectivity index (χ1) is 7.45. The minimum Gasteiger partial charge on any atom is -0.478 e. The summed E-state index contributed by atoms with van der Waals surface area (Å²) in [5.41, 5.74) is 0.149. The van der Waals surface area contributed by atoms with E-state index in [9.17, 15) is 13.6 Å². The van der Waals surface area contributed by atoms with E-state index in [4.69, 9.17) is 16.7 Å². The molecular formula is C9H6BrClF2O3. The summed E-state index contributed by atoms with van der Waals surface area (Å²) >= 11 is 8.71. The van der Waals surface area contributed by atoms with Gasteiger partial charge in [0.25, 0.3) is 0 Å². The second kappa shape index (κ2) is 5.45. The molecule has 16 heavy (non-hydrogen) atoms. The van der Waals surface area contributed by atoms with E-state index in [1.165, 1.54) is 6.07 Å². The lowest BCUT2D eigenvalue weighted by atomic mass is 10.1. The molecule has 0 atom stereocenters. The summed E-state index contributed by atoms with van der Waals surface area (Å²) < 4.78 is 28.0. The molecule has 0 amide bonds. The van der Waals surface area contributed by atoms with Crippen molar-refractivity contribution in [3.05, 3.63) is 28.3 Å². The quantitative estimate of drug-likeness (QED) is 0.865. The summed E-state index contributed by atoms with van der Waals surface area (Å²) in [7, 11) is 0. The van der Waals surface area contributed by atoms with E-state index in [0.717, 1.165) is 6.07 Å². The van der Waals surface area contributed by atoms with Crippen molar-refractivity contribution in [2.75, 3.05) is 0 Å². The minimum absolute atomic E-state index is 0.125. The van der Waals surface area contributed by atoms with Crippen LogP contribution in [0.2, 0.25) is 5.02 Å². The van der Waals surface area contributed by atoms with Crippen LogP contribution in [0.4, 0.5) is 8.78 Å². The number of hydrogen-bond donors (Lipinski definition) is 1. The Kier molecular flexibility index (Phi) is 4.49. The van der Waals surface area contributed by atoms with Crippen molar-refractivity contribution in [1.82, 2.24) is 0 Å². The van der Waals surface area contributed by atoms with E-state index in [0.29, 0.717) is 0 Å². The van der Waals surface area contributed by atoms with E-state index in [-0.39, 0.29) is 27.2 Å². The summed E-state index contributed by atoms with van der Waals surface area (Å²) in [4.78, 5) is 10.8. The number of carbonyl (C=O) groups is 1. The van der Waals surface area contributed by atoms with Gasteiger partial charge in [0.2, 0.25) is 0 Å². The molecule has 1 rings (SSSR count). The van der Waals surface area contributed by atoms with Crippen LogP contribution < -0.4 is 4.74 Å². The molecule has 3 nitrogen and oxygen atoms in total. The fraction of sp³-hybridized carbons (Fsp3) is 0.222. The summed E-state index contributed by atoms with van der Waals surface area (Å²) in [6.07, 6.45) is 0. The van der Waals surface area contributed by atoms with Crippen molar-refractivity contribution in [3.63, 3.8) is 0 Å². The highest BCUT2D eigenvalue weighted by Gasteiger charge is 2.17. The molecule has 0 aliphatic carbocycles. The molecule has 0 heterocycles. The molecule has 0 spiro atoms. The molecule has 0 saturated heterocycles. The first kappa shape index (κ1) is 13.2. The van der Waals surface area contributed by atoms with Crippen LogP contribution in [0.15, 0.2) is 12.1 Å². The predicted molar refractivity (Wildman–Crippen MR) is 57.7 cm³/mol. The summed E-state index contributed by atoms with van der Waals surface area (Å²) in [5.74, 6) is -1.39. The molecule has 0 unspecified atom stereocenters. The number of halogens is 4. The molecule has 0 saturated carbocycles. The second-order valence-corrected chi connectivity index (χ2v) is 3.72. The van der Waals surface area contributed by atoms with E-state index < -0.39 is 12.6 Å². The van der Waals surface area contributed by atoms with Crippen molar-refractivity contribution in [2.45, 2.75) is 11.9 Å². The Morgan fingerprint density at radius 1 is 1.56 bits per heavy atom. The zero-order valence-electron chi connectivity index (χ0n) is 7.71. The maximum Gasteiger partial charge on any atom is 0.387 e. The fourth-order valence-corrected chi connectivity index (χ4v) is 1.90. The third-order valence-electron chi connectivity index (χ3n) is 1.73. The topological polar surface area (TPSA) is 46.5 Å². The standard InChI is InChI=1S/C9H6BrClF2O3/c10-3-4-1-5(16-9(12)13)2-6(11)7(4)8(14)15/h1-2,9H,3H2,(H,14,15). The highest BCUT2D eigenvalue weighted by Crippen LogP contribution is 2.29. The summed E-state index contributed by atoms with van der Waals surface area (Å²) in [6, 6.07) is 2.25. The van der Waals surface area contributed by atoms with Crippen LogP contribution in [0.25, 0.3) is 0 Å². The van der Waals surface area contributed by atoms with Crippen LogP contribution in [-0.2, 0) is 5.33 Å². The van der Waals surface area contributed by atoms with Gasteiger partial charge < -0.3 is 9.84 Å². The van der Waals surface area contributed by atoms with Crippen molar-refractivity contribution in [3.8, 4) is 5.75 Å². The van der Waals surface area contributed by atoms with Gasteiger partial charge in [0.1, 0.15) is 5.75 Å². The number of alkyl halides is 3. The third-order valence-corrected chi connectivity index (χ3v) is 2.63. The molecule has 1 aromatic carbocycles. The van der Waals surface area contributed by atoms with Gasteiger partial charge >= 0.3 is 12.6 Å². The molecule has 88 valence electrons. The SMILES string of the molecule is O=C(O)c1c(Cl)cc(OC(F)F)cc1CBr. The maximum absolute atomic E-state index is 12.0. The molecule has 0 bridgehead atoms. The average Bonchev–Trinajstić information content (AvgIpc) is 2.14. The number of ether oxygens (including phenoxy) is 1. The molecule has 1 N–H and O–H groups in total. The highest BCUT2D eigenvalue weighted by molar-refractivity contribution is 9.08. The maximum atomic E-state index is 12.0. The van der Waals surface area contributed by atoms with Crippen LogP contribution >= 0.6 is 27.5 Å². The number of benzene rings is 1. The smallest absolute Gasteiger partial charge is 0.387 e. The number of hydrogen-bond acceptors (Lipinski definition) is 2. The molecule has 0 fully saturated rings. The normalized spacial score (nSPS) is 10.6. The number of carboxylic acids is 1. The number of rotatable bonds is 4. The molecule has 7 heteroatoms. The van der Waals surface area contributed by atoms with E-state index in [1.54, 1.807) is 0 Å². The first-order valence-electron chi connectivity index (χ1n) is 4.02. The minimum atomic E-state index is -2.98. The van der Waals surface area contributed by atoms with Gasteiger partial charge in [-0.05, 0) is 17.7 Å². The van der Waals surface area contributed by atoms with Gasteiger partial charge in [-0.1, -0.05) is 27.5 Å². The van der Waals surface area contributed by atoms with Gasteiger partial charge in [-0.2, -0.15) is 8.78 Å². The fourth-order valence-electron chi connectivity index (χ4n) is 1.15. The lowest BCUT2D eigenvalue weighted by Crippen LogP contribution is -2.06. The van der Waals surface area contributed by atoms with Gasteiger partial charge in [-0.15, -0.1) is 0 Å². The van der Waals surface area contributed by atoms with Gasteiger partial charge in [0, 0.05) is 5.33 Å². The van der Waals surface area contributed by atoms with Crippen molar-refractivity contribution in [2.24, 2.45) is 0 Å². The van der Waals surface area contributed by atoms with Gasteiger partial charge in [-0.25, -0.2) is 4.79 Å². The molecule has 0 aliphatic heterocycles. The second-order valence-electron chi connectivity index (χ2n) is 2.76. The van der Waals surface area contributed by atoms with Crippen molar-refractivity contribution in [1.29, 1.82) is 0 Å². The molecule has 0 aliphatic rings. The van der Waals surface area contributed by atoms with E-state index in [1.807, 2.05) is 0 Å². The van der Waals surface area contributed by atoms with Crippen LogP contribution in [0.5, 0.6) is 5.75 Å². The molecule has 0 aromatic heterocycles. The monoisotopic (exact) mass is 314 g/mol. The van der Waals surface area contributed by atoms with Gasteiger partial charge in [0.05, 0.1) is 10.6 Å². The lowest BCUT2D eigenvalue weighted by Gasteiger charge is -2.10. The predicted octanol–water partition coefficient (Wildman–Crippen LogP) is 3.53. The molecule has 0 radical (unpaired) electrons. The Bertz CT molecular complexity index is 412. The Balaban J connectivity index is 3.21. The number of aromatic carboxylic acids is 1. The lowest BCUT2D eigenvalue weighted by molar-refractivity contribution is -0.0498. The summed E-state index contributed by atoms with van der Waals surface area (Å²) in [5, 5.41) is 8.89. The Labute approximate surface area is 103 Å². The zero-order chi connectivity index (χ0) is 12.3. The molecular weight excluding hydrogens is 309 g/mol. The van der Waals surface area contributed by atoms with Gasteiger partial charge in [0.15, 0.2) is 0 Å². The van der Waals surface area contributed by atoms with Crippen LogP contribution in [0.1, 0.15) is 15.9 Å². The summed E-state index contributed by atoms with van der Waals surface area (Å²) in [6.45, 7) is -2.98. The zero-order valence-corrected chi connectivity index (χ0v) is 10.1. The Morgan fingerprint density at radius 2 is 2.19 bits per heavy atom. The van der Waals surface area contributed by atoms with Crippen LogP contribution in [0.3, 0.4) is 0 Å². The third kappa shape index (κ3) is 3.05. The largest absolute Gasteiger partial charge is 0.478 e. The Morgan fingerprint density at radius 3 is 2.62 bits per heavy atom. The molecule has 1 aromatic rings. The van der Waals surface area contributed by atoms with Crippen LogP contribution in [-0.4, -0.2) is 17.7 Å². The average molecular weight is 315 g/mol. The van der Waals surface area contributed by atoms with E-state index in [2.05, 4.69) is 20.7 Å². The number of carboxylic acid groups (broad SMARTS) is 1. The highest BCUT2D eigenvalue weighted by atomic mass is 79.9. The van der Waals surface area contributed by atoms with Crippen molar-refractivity contribution < 1.29 is 23.4 Å². The van der Waals surface area contributed by atoms with Gasteiger partial charge in [-0.3, -0.25) is 0 Å². The van der Waals surface area contributed by atoms with Crippen LogP contribution in [0, 0.1) is 0 Å². The first-order valence-corrected chi connectivity index (χ1v) is 5.52.